The number of hydrogen-bond donors (Lipinski definition) is 0. The second-order valence-electron chi connectivity index (χ2n) is 3.30. The van der Waals surface area contributed by atoms with E-state index >= 15 is 0 Å². The van der Waals surface area contributed by atoms with Crippen molar-refractivity contribution in [1.29, 1.82) is 0 Å². The van der Waals surface area contributed by atoms with Crippen molar-refractivity contribution in [3.63, 3.8) is 0 Å². The molecule has 12 heavy (non-hydrogen) atoms. The van der Waals surface area contributed by atoms with Crippen LogP contribution in [0.1, 0.15) is 34.1 Å². The summed E-state index contributed by atoms with van der Waals surface area (Å²) in [4.78, 5) is 12.9. The molecule has 0 aliphatic heterocycles. The van der Waals surface area contributed by atoms with E-state index in [-0.39, 0.29) is 18.2 Å². The zero-order valence-corrected chi connectivity index (χ0v) is 8.63. The van der Waals surface area contributed by atoms with E-state index in [4.69, 9.17) is 4.74 Å². The van der Waals surface area contributed by atoms with Crippen molar-refractivity contribution in [3.8, 4) is 0 Å². The zero-order valence-electron chi connectivity index (χ0n) is 8.63. The number of amides is 1. The molecule has 0 fully saturated rings. The third kappa shape index (κ3) is 3.60. The molecule has 0 saturated carbocycles. The summed E-state index contributed by atoms with van der Waals surface area (Å²) in [6, 6.07) is 0.247. The second-order valence-corrected chi connectivity index (χ2v) is 3.30. The molecule has 0 heterocycles. The Morgan fingerprint density at radius 2 is 1.92 bits per heavy atom. The number of ether oxygens (including phenoxy) is 1. The maximum absolute atomic E-state index is 11.3. The quantitative estimate of drug-likeness (QED) is 0.655. The molecule has 1 unspecified atom stereocenters. The first-order chi connectivity index (χ1) is 5.49. The van der Waals surface area contributed by atoms with Crippen LogP contribution in [0.4, 0.5) is 4.79 Å². The molecule has 0 aliphatic carbocycles. The fourth-order valence-corrected chi connectivity index (χ4v) is 0.739. The van der Waals surface area contributed by atoms with Gasteiger partial charge in [-0.15, -0.1) is 0 Å². The van der Waals surface area contributed by atoms with Crippen molar-refractivity contribution < 1.29 is 9.53 Å². The van der Waals surface area contributed by atoms with E-state index in [1.165, 1.54) is 0 Å². The van der Waals surface area contributed by atoms with Crippen LogP contribution in [0.5, 0.6) is 0 Å². The largest absolute Gasteiger partial charge is 0.447 e. The third-order valence-corrected chi connectivity index (χ3v) is 1.88. The van der Waals surface area contributed by atoms with Crippen LogP contribution in [-0.2, 0) is 4.74 Å². The summed E-state index contributed by atoms with van der Waals surface area (Å²) in [6.07, 6.45) is 0.673. The van der Waals surface area contributed by atoms with E-state index in [9.17, 15) is 4.79 Å². The third-order valence-electron chi connectivity index (χ3n) is 1.88. The van der Waals surface area contributed by atoms with Crippen LogP contribution in [0.3, 0.4) is 0 Å². The van der Waals surface area contributed by atoms with Gasteiger partial charge >= 0.3 is 6.09 Å². The summed E-state index contributed by atoms with van der Waals surface area (Å²) in [6.45, 7) is 7.75. The minimum Gasteiger partial charge on any atom is -0.447 e. The normalized spacial score (nSPS) is 12.8. The molecule has 0 aromatic carbocycles. The Kier molecular flexibility index (Phi) is 4.71. The lowest BCUT2D eigenvalue weighted by Crippen LogP contribution is -2.36. The minimum absolute atomic E-state index is 0.0380. The van der Waals surface area contributed by atoms with Gasteiger partial charge in [-0.1, -0.05) is 6.92 Å². The van der Waals surface area contributed by atoms with Crippen molar-refractivity contribution in [2.45, 2.75) is 46.3 Å². The number of carbonyl (C=O) groups excluding carboxylic acids is 1. The average molecular weight is 173 g/mol. The summed E-state index contributed by atoms with van der Waals surface area (Å²) in [5, 5.41) is 0. The van der Waals surface area contributed by atoms with Crippen LogP contribution in [0.15, 0.2) is 0 Å². The van der Waals surface area contributed by atoms with Crippen LogP contribution < -0.4 is 0 Å². The number of hydrogen-bond acceptors (Lipinski definition) is 2. The van der Waals surface area contributed by atoms with Gasteiger partial charge in [0.05, 0.1) is 6.10 Å². The standard InChI is InChI=1S/C9H19NO2/c1-6-8(4)10(5)9(11)12-7(2)3/h7-8H,6H2,1-5H3. The van der Waals surface area contributed by atoms with Crippen LogP contribution in [-0.4, -0.2) is 30.2 Å². The van der Waals surface area contributed by atoms with E-state index in [0.29, 0.717) is 0 Å². The van der Waals surface area contributed by atoms with Crippen molar-refractivity contribution in [3.05, 3.63) is 0 Å². The highest BCUT2D eigenvalue weighted by atomic mass is 16.6. The van der Waals surface area contributed by atoms with Gasteiger partial charge in [0.25, 0.3) is 0 Å². The Morgan fingerprint density at radius 3 is 2.25 bits per heavy atom. The molecule has 0 aliphatic rings. The Morgan fingerprint density at radius 1 is 1.42 bits per heavy atom. The van der Waals surface area contributed by atoms with Crippen molar-refractivity contribution in [1.82, 2.24) is 4.90 Å². The van der Waals surface area contributed by atoms with Gasteiger partial charge in [-0.05, 0) is 27.2 Å². The molecule has 3 heteroatoms. The van der Waals surface area contributed by atoms with Crippen LogP contribution in [0, 0.1) is 0 Å². The monoisotopic (exact) mass is 173 g/mol. The van der Waals surface area contributed by atoms with Gasteiger partial charge in [0.15, 0.2) is 0 Å². The lowest BCUT2D eigenvalue weighted by molar-refractivity contribution is 0.0740. The lowest BCUT2D eigenvalue weighted by Gasteiger charge is -2.24. The molecule has 0 aromatic rings. The number of carbonyl (C=O) groups is 1. The van der Waals surface area contributed by atoms with Crippen molar-refractivity contribution in [2.24, 2.45) is 0 Å². The maximum Gasteiger partial charge on any atom is 0.409 e. The number of rotatable bonds is 3. The molecule has 0 aromatic heterocycles. The highest BCUT2D eigenvalue weighted by Crippen LogP contribution is 2.03. The van der Waals surface area contributed by atoms with Gasteiger partial charge < -0.3 is 9.64 Å². The van der Waals surface area contributed by atoms with E-state index < -0.39 is 0 Å². The molecule has 0 radical (unpaired) electrons. The van der Waals surface area contributed by atoms with Gasteiger partial charge in [-0.25, -0.2) is 4.79 Å². The Bertz CT molecular complexity index is 145. The summed E-state index contributed by atoms with van der Waals surface area (Å²) < 4.78 is 5.02. The number of nitrogens with zero attached hydrogens (tertiary/aromatic N) is 1. The molecule has 1 atom stereocenters. The second kappa shape index (κ2) is 5.01. The molecule has 1 amide bonds. The van der Waals surface area contributed by atoms with E-state index in [1.54, 1.807) is 11.9 Å². The maximum atomic E-state index is 11.3. The molecule has 0 bridgehead atoms. The van der Waals surface area contributed by atoms with Gasteiger partial charge in [-0.3, -0.25) is 0 Å². The van der Waals surface area contributed by atoms with Crippen molar-refractivity contribution in [2.75, 3.05) is 7.05 Å². The van der Waals surface area contributed by atoms with Crippen LogP contribution in [0.25, 0.3) is 0 Å². The topological polar surface area (TPSA) is 29.5 Å². The van der Waals surface area contributed by atoms with Crippen LogP contribution >= 0.6 is 0 Å². The summed E-state index contributed by atoms with van der Waals surface area (Å²) in [5.74, 6) is 0. The highest BCUT2D eigenvalue weighted by molar-refractivity contribution is 5.67. The molecular formula is C9H19NO2. The first-order valence-electron chi connectivity index (χ1n) is 4.42. The SMILES string of the molecule is CCC(C)N(C)C(=O)OC(C)C. The van der Waals surface area contributed by atoms with Gasteiger partial charge in [0.1, 0.15) is 0 Å². The van der Waals surface area contributed by atoms with Gasteiger partial charge in [0, 0.05) is 13.1 Å². The fraction of sp³-hybridized carbons (Fsp3) is 0.889. The molecule has 0 N–H and O–H groups in total. The summed E-state index contributed by atoms with van der Waals surface area (Å²) in [7, 11) is 1.76. The van der Waals surface area contributed by atoms with E-state index in [1.807, 2.05) is 27.7 Å². The smallest absolute Gasteiger partial charge is 0.409 e. The molecule has 72 valence electrons. The fourth-order valence-electron chi connectivity index (χ4n) is 0.739. The Balaban J connectivity index is 3.92. The lowest BCUT2D eigenvalue weighted by atomic mass is 10.2. The molecular weight excluding hydrogens is 154 g/mol. The van der Waals surface area contributed by atoms with E-state index in [0.717, 1.165) is 6.42 Å². The Hall–Kier alpha value is -0.730. The zero-order chi connectivity index (χ0) is 9.72. The summed E-state index contributed by atoms with van der Waals surface area (Å²) in [5.41, 5.74) is 0. The van der Waals surface area contributed by atoms with Crippen LogP contribution in [0.2, 0.25) is 0 Å². The molecule has 0 rings (SSSR count). The molecule has 3 nitrogen and oxygen atoms in total. The van der Waals surface area contributed by atoms with Crippen molar-refractivity contribution >= 4 is 6.09 Å². The highest BCUT2D eigenvalue weighted by Gasteiger charge is 2.15. The predicted octanol–water partition coefficient (Wildman–Crippen LogP) is 2.26. The Labute approximate surface area is 74.7 Å². The first-order valence-corrected chi connectivity index (χ1v) is 4.42. The molecule has 0 spiro atoms. The van der Waals surface area contributed by atoms with Gasteiger partial charge in [0.2, 0.25) is 0 Å². The first kappa shape index (κ1) is 11.3. The average Bonchev–Trinajstić information content (AvgIpc) is 2.00. The predicted molar refractivity (Wildman–Crippen MR) is 49.1 cm³/mol. The summed E-state index contributed by atoms with van der Waals surface area (Å²) >= 11 is 0. The van der Waals surface area contributed by atoms with E-state index in [2.05, 4.69) is 0 Å². The van der Waals surface area contributed by atoms with Gasteiger partial charge in [-0.2, -0.15) is 0 Å². The minimum atomic E-state index is -0.237. The molecule has 0 saturated heterocycles.